The molecule has 2 N–H and O–H groups in total. The molecule has 0 spiro atoms. The van der Waals surface area contributed by atoms with Crippen LogP contribution in [0.4, 0.5) is 0 Å². The third-order valence-corrected chi connectivity index (χ3v) is 6.23. The number of benzene rings is 2. The Labute approximate surface area is 203 Å². The fourth-order valence-electron chi connectivity index (χ4n) is 4.33. The average molecular weight is 479 g/mol. The summed E-state index contributed by atoms with van der Waals surface area (Å²) in [7, 11) is 0. The molecule has 4 rings (SSSR count). The maximum Gasteiger partial charge on any atom is 0.330 e. The van der Waals surface area contributed by atoms with E-state index < -0.39 is 35.3 Å². The van der Waals surface area contributed by atoms with E-state index in [2.05, 4.69) is 11.6 Å². The number of nitrogens with zero attached hydrogens (tertiary/aromatic N) is 1. The van der Waals surface area contributed by atoms with Gasteiger partial charge < -0.3 is 19.3 Å². The summed E-state index contributed by atoms with van der Waals surface area (Å²) in [6, 6.07) is 19.3. The topological polar surface area (TPSA) is 103 Å². The molecule has 1 fully saturated rings. The van der Waals surface area contributed by atoms with Gasteiger partial charge in [0.05, 0.1) is 19.8 Å². The molecular formula is C27H30N2O6. The normalized spacial score (nSPS) is 23.9. The first-order valence-corrected chi connectivity index (χ1v) is 11.5. The van der Waals surface area contributed by atoms with Crippen LogP contribution in [-0.4, -0.2) is 39.1 Å². The second kappa shape index (κ2) is 11.0. The van der Waals surface area contributed by atoms with Crippen LogP contribution in [0.15, 0.2) is 89.1 Å². The first kappa shape index (κ1) is 24.8. The number of nitrogens with one attached hydrogen (secondary N) is 1. The van der Waals surface area contributed by atoms with E-state index in [-0.39, 0.29) is 19.6 Å². The number of aryl methyl sites for hydroxylation is 1. The van der Waals surface area contributed by atoms with Gasteiger partial charge in [0.25, 0.3) is 5.56 Å². The van der Waals surface area contributed by atoms with E-state index in [4.69, 9.17) is 14.2 Å². The first-order valence-electron chi connectivity index (χ1n) is 11.5. The zero-order chi connectivity index (χ0) is 24.8. The molecule has 184 valence electrons. The fraction of sp³-hybridized carbons (Fsp3) is 0.333. The van der Waals surface area contributed by atoms with Gasteiger partial charge in [-0.05, 0) is 24.5 Å². The van der Waals surface area contributed by atoms with Crippen LogP contribution < -0.4 is 11.2 Å². The summed E-state index contributed by atoms with van der Waals surface area (Å²) in [4.78, 5) is 26.8. The largest absolute Gasteiger partial charge is 0.385 e. The van der Waals surface area contributed by atoms with E-state index in [0.717, 1.165) is 11.1 Å². The Morgan fingerprint density at radius 1 is 1.09 bits per heavy atom. The van der Waals surface area contributed by atoms with Crippen molar-refractivity contribution in [1.29, 1.82) is 0 Å². The molecule has 8 nitrogen and oxygen atoms in total. The first-order chi connectivity index (χ1) is 16.9. The second-order valence-electron chi connectivity index (χ2n) is 8.66. The Morgan fingerprint density at radius 3 is 2.34 bits per heavy atom. The molecule has 2 heterocycles. The van der Waals surface area contributed by atoms with Crippen molar-refractivity contribution in [3.63, 3.8) is 0 Å². The zero-order valence-corrected chi connectivity index (χ0v) is 19.6. The Bertz CT molecular complexity index is 1240. The van der Waals surface area contributed by atoms with E-state index in [1.807, 2.05) is 60.7 Å². The standard InChI is InChI=1S/C27H30N2O6/c1-3-14-27(34-17-21-12-8-5-9-13-21)22(18-33-16-20-10-6-4-7-11-20)35-25(23(27)30)29-15-19(2)24(31)28-26(29)32/h3-13,15,22-23,25,30H,1,14,16-18H2,2H3,(H,28,31,32)/t22-,23-,25-,27-/m1/s1. The number of aromatic amines is 1. The molecule has 0 bridgehead atoms. The molecule has 4 atom stereocenters. The maximum atomic E-state index is 12.6. The van der Waals surface area contributed by atoms with Crippen molar-refractivity contribution < 1.29 is 19.3 Å². The van der Waals surface area contributed by atoms with Crippen LogP contribution in [0.1, 0.15) is 29.3 Å². The van der Waals surface area contributed by atoms with Crippen LogP contribution in [-0.2, 0) is 27.4 Å². The van der Waals surface area contributed by atoms with E-state index >= 15 is 0 Å². The predicted molar refractivity (Wildman–Crippen MR) is 131 cm³/mol. The SMILES string of the molecule is C=CC[C@]1(OCc2ccccc2)[C@H](O)[C@H](n2cc(C)c(=O)[nH]c2=O)O[C@@H]1COCc1ccccc1. The summed E-state index contributed by atoms with van der Waals surface area (Å²) in [6.45, 7) is 6.12. The highest BCUT2D eigenvalue weighted by Gasteiger charge is 2.57. The molecule has 0 radical (unpaired) electrons. The minimum absolute atomic E-state index is 0.113. The van der Waals surface area contributed by atoms with Crippen LogP contribution in [0, 0.1) is 6.92 Å². The van der Waals surface area contributed by atoms with Crippen molar-refractivity contribution in [1.82, 2.24) is 9.55 Å². The van der Waals surface area contributed by atoms with Gasteiger partial charge in [0.2, 0.25) is 0 Å². The molecule has 8 heteroatoms. The minimum atomic E-state index is -1.24. The third-order valence-electron chi connectivity index (χ3n) is 6.23. The van der Waals surface area contributed by atoms with Crippen LogP contribution in [0.2, 0.25) is 0 Å². The molecule has 0 amide bonds. The Morgan fingerprint density at radius 2 is 1.71 bits per heavy atom. The van der Waals surface area contributed by atoms with Crippen LogP contribution in [0.3, 0.4) is 0 Å². The minimum Gasteiger partial charge on any atom is -0.385 e. The van der Waals surface area contributed by atoms with E-state index in [9.17, 15) is 14.7 Å². The van der Waals surface area contributed by atoms with Gasteiger partial charge in [0.15, 0.2) is 6.23 Å². The lowest BCUT2D eigenvalue weighted by molar-refractivity contribution is -0.149. The number of aromatic nitrogens is 2. The van der Waals surface area contributed by atoms with Crippen LogP contribution in [0.5, 0.6) is 0 Å². The van der Waals surface area contributed by atoms with E-state index in [0.29, 0.717) is 12.2 Å². The predicted octanol–water partition coefficient (Wildman–Crippen LogP) is 2.85. The van der Waals surface area contributed by atoms with Crippen molar-refractivity contribution in [2.45, 2.75) is 50.6 Å². The van der Waals surface area contributed by atoms with Crippen molar-refractivity contribution in [3.8, 4) is 0 Å². The fourth-order valence-corrected chi connectivity index (χ4v) is 4.33. The zero-order valence-electron chi connectivity index (χ0n) is 19.6. The highest BCUT2D eigenvalue weighted by molar-refractivity contribution is 5.16. The van der Waals surface area contributed by atoms with Crippen LogP contribution in [0.25, 0.3) is 0 Å². The molecule has 1 aliphatic heterocycles. The molecule has 1 aromatic heterocycles. The summed E-state index contributed by atoms with van der Waals surface area (Å²) in [5.74, 6) is 0. The summed E-state index contributed by atoms with van der Waals surface area (Å²) in [5, 5.41) is 11.5. The van der Waals surface area contributed by atoms with Gasteiger partial charge >= 0.3 is 5.69 Å². The number of aliphatic hydroxyl groups is 1. The third kappa shape index (κ3) is 5.36. The van der Waals surface area contributed by atoms with Gasteiger partial charge in [0, 0.05) is 11.8 Å². The van der Waals surface area contributed by atoms with E-state index in [1.54, 1.807) is 13.0 Å². The molecule has 2 aromatic carbocycles. The summed E-state index contributed by atoms with van der Waals surface area (Å²) < 4.78 is 19.8. The lowest BCUT2D eigenvalue weighted by atomic mass is 9.88. The molecule has 1 saturated heterocycles. The van der Waals surface area contributed by atoms with Gasteiger partial charge in [-0.3, -0.25) is 14.3 Å². The van der Waals surface area contributed by atoms with Crippen molar-refractivity contribution in [3.05, 3.63) is 117 Å². The van der Waals surface area contributed by atoms with Gasteiger partial charge in [-0.2, -0.15) is 0 Å². The Hall–Kier alpha value is -3.30. The Kier molecular flexibility index (Phi) is 7.77. The van der Waals surface area contributed by atoms with E-state index in [1.165, 1.54) is 10.8 Å². The lowest BCUT2D eigenvalue weighted by Gasteiger charge is -2.35. The summed E-state index contributed by atoms with van der Waals surface area (Å²) in [5.41, 5.74) is -0.154. The molecule has 1 aliphatic rings. The van der Waals surface area contributed by atoms with Gasteiger partial charge in [-0.25, -0.2) is 4.79 Å². The number of H-pyrrole nitrogens is 1. The number of rotatable bonds is 10. The number of hydrogen-bond acceptors (Lipinski definition) is 6. The molecule has 0 aliphatic carbocycles. The molecule has 3 aromatic rings. The highest BCUT2D eigenvalue weighted by Crippen LogP contribution is 2.43. The number of ether oxygens (including phenoxy) is 3. The summed E-state index contributed by atoms with van der Waals surface area (Å²) >= 11 is 0. The van der Waals surface area contributed by atoms with Crippen molar-refractivity contribution in [2.75, 3.05) is 6.61 Å². The molecular weight excluding hydrogens is 448 g/mol. The van der Waals surface area contributed by atoms with Gasteiger partial charge in [-0.15, -0.1) is 6.58 Å². The van der Waals surface area contributed by atoms with Crippen LogP contribution >= 0.6 is 0 Å². The smallest absolute Gasteiger partial charge is 0.330 e. The average Bonchev–Trinajstić information content (AvgIpc) is 3.13. The summed E-state index contributed by atoms with van der Waals surface area (Å²) in [6.07, 6.45) is 0.264. The molecule has 0 unspecified atom stereocenters. The number of aliphatic hydroxyl groups excluding tert-OH is 1. The molecule has 0 saturated carbocycles. The second-order valence-corrected chi connectivity index (χ2v) is 8.66. The number of hydrogen-bond donors (Lipinski definition) is 2. The highest BCUT2D eigenvalue weighted by atomic mass is 16.6. The Balaban J connectivity index is 1.64. The molecule has 35 heavy (non-hydrogen) atoms. The van der Waals surface area contributed by atoms with Crippen molar-refractivity contribution in [2.24, 2.45) is 0 Å². The maximum absolute atomic E-state index is 12.6. The van der Waals surface area contributed by atoms with Gasteiger partial charge in [-0.1, -0.05) is 66.7 Å². The lowest BCUT2D eigenvalue weighted by Crippen LogP contribution is -2.51. The van der Waals surface area contributed by atoms with Crippen molar-refractivity contribution >= 4 is 0 Å². The van der Waals surface area contributed by atoms with Gasteiger partial charge in [0.1, 0.15) is 17.8 Å². The quantitative estimate of drug-likeness (QED) is 0.435. The monoisotopic (exact) mass is 478 g/mol.